The molecule has 0 atom stereocenters. The van der Waals surface area contributed by atoms with Crippen molar-refractivity contribution in [3.05, 3.63) is 29.3 Å². The van der Waals surface area contributed by atoms with Crippen LogP contribution in [0.15, 0.2) is 23.1 Å². The summed E-state index contributed by atoms with van der Waals surface area (Å²) in [6, 6.07) is 5.18. The number of nitrogens with zero attached hydrogens (tertiary/aromatic N) is 2. The van der Waals surface area contributed by atoms with Crippen LogP contribution in [-0.2, 0) is 19.6 Å². The lowest BCUT2D eigenvalue weighted by Gasteiger charge is -2.33. The first-order valence-electron chi connectivity index (χ1n) is 9.45. The Balaban J connectivity index is 1.84. The molecule has 0 unspecified atom stereocenters. The van der Waals surface area contributed by atoms with Gasteiger partial charge < -0.3 is 10.6 Å². The smallest absolute Gasteiger partial charge is 0.243 e. The van der Waals surface area contributed by atoms with Crippen LogP contribution in [0.4, 0.5) is 0 Å². The fourth-order valence-corrected chi connectivity index (χ4v) is 4.47. The predicted molar refractivity (Wildman–Crippen MR) is 107 cm³/mol. The van der Waals surface area contributed by atoms with Crippen LogP contribution in [0, 0.1) is 13.8 Å². The topological polar surface area (TPSA) is 98.8 Å². The summed E-state index contributed by atoms with van der Waals surface area (Å²) < 4.78 is 27.1. The molecular weight excluding hydrogens is 380 g/mol. The van der Waals surface area contributed by atoms with E-state index in [9.17, 15) is 18.0 Å². The quantitative estimate of drug-likeness (QED) is 0.671. The molecule has 0 aliphatic carbocycles. The third-order valence-electron chi connectivity index (χ3n) is 4.71. The van der Waals surface area contributed by atoms with Crippen molar-refractivity contribution in [3.63, 3.8) is 0 Å². The Bertz CT molecular complexity index is 815. The monoisotopic (exact) mass is 410 g/mol. The molecule has 1 saturated heterocycles. The molecule has 1 aliphatic rings. The highest BCUT2D eigenvalue weighted by atomic mass is 32.2. The van der Waals surface area contributed by atoms with Gasteiger partial charge in [-0.15, -0.1) is 0 Å². The first-order valence-corrected chi connectivity index (χ1v) is 10.9. The molecule has 1 aromatic carbocycles. The van der Waals surface area contributed by atoms with Gasteiger partial charge in [0.15, 0.2) is 0 Å². The van der Waals surface area contributed by atoms with Crippen LogP contribution in [0.5, 0.6) is 0 Å². The number of amides is 2. The SMILES string of the molecule is Cc1ccc(S(=O)(=O)N2CCN(CC(=O)NCC(=O)NC(C)C)CC2)cc1C. The van der Waals surface area contributed by atoms with Gasteiger partial charge in [-0.05, 0) is 51.0 Å². The molecule has 0 bridgehead atoms. The summed E-state index contributed by atoms with van der Waals surface area (Å²) >= 11 is 0. The lowest BCUT2D eigenvalue weighted by atomic mass is 10.1. The van der Waals surface area contributed by atoms with Crippen LogP contribution in [0.1, 0.15) is 25.0 Å². The minimum absolute atomic E-state index is 0.0248. The van der Waals surface area contributed by atoms with Crippen LogP contribution in [0.3, 0.4) is 0 Å². The van der Waals surface area contributed by atoms with Gasteiger partial charge in [0.05, 0.1) is 18.0 Å². The molecule has 2 N–H and O–H groups in total. The van der Waals surface area contributed by atoms with Gasteiger partial charge in [0.25, 0.3) is 0 Å². The second-order valence-electron chi connectivity index (χ2n) is 7.43. The number of piperazine rings is 1. The van der Waals surface area contributed by atoms with Crippen molar-refractivity contribution in [2.75, 3.05) is 39.3 Å². The summed E-state index contributed by atoms with van der Waals surface area (Å²) in [6.45, 7) is 9.23. The zero-order valence-electron chi connectivity index (χ0n) is 17.0. The molecule has 156 valence electrons. The van der Waals surface area contributed by atoms with E-state index in [1.54, 1.807) is 12.1 Å². The zero-order valence-corrected chi connectivity index (χ0v) is 17.8. The van der Waals surface area contributed by atoms with E-state index in [0.29, 0.717) is 31.1 Å². The van der Waals surface area contributed by atoms with Crippen molar-refractivity contribution in [3.8, 4) is 0 Å². The molecule has 0 saturated carbocycles. The van der Waals surface area contributed by atoms with Gasteiger partial charge in [0.1, 0.15) is 0 Å². The third kappa shape index (κ3) is 6.02. The van der Waals surface area contributed by atoms with Crippen LogP contribution in [0.25, 0.3) is 0 Å². The lowest BCUT2D eigenvalue weighted by Crippen LogP contribution is -2.51. The molecule has 1 heterocycles. The third-order valence-corrected chi connectivity index (χ3v) is 6.61. The molecule has 1 fully saturated rings. The van der Waals surface area contributed by atoms with Crippen molar-refractivity contribution in [1.82, 2.24) is 19.8 Å². The molecule has 28 heavy (non-hydrogen) atoms. The Morgan fingerprint density at radius 2 is 1.68 bits per heavy atom. The number of nitrogens with one attached hydrogen (secondary N) is 2. The van der Waals surface area contributed by atoms with Gasteiger partial charge >= 0.3 is 0 Å². The number of sulfonamides is 1. The second-order valence-corrected chi connectivity index (χ2v) is 9.36. The second kappa shape index (κ2) is 9.49. The minimum Gasteiger partial charge on any atom is -0.352 e. The molecule has 2 rings (SSSR count). The van der Waals surface area contributed by atoms with E-state index in [0.717, 1.165) is 11.1 Å². The van der Waals surface area contributed by atoms with Gasteiger partial charge in [0, 0.05) is 32.2 Å². The summed E-state index contributed by atoms with van der Waals surface area (Å²) in [5, 5.41) is 5.30. The van der Waals surface area contributed by atoms with E-state index < -0.39 is 10.0 Å². The Morgan fingerprint density at radius 3 is 2.25 bits per heavy atom. The highest BCUT2D eigenvalue weighted by Crippen LogP contribution is 2.20. The van der Waals surface area contributed by atoms with Crippen LogP contribution in [-0.4, -0.2) is 74.7 Å². The van der Waals surface area contributed by atoms with E-state index >= 15 is 0 Å². The van der Waals surface area contributed by atoms with Crippen LogP contribution < -0.4 is 10.6 Å². The van der Waals surface area contributed by atoms with Crippen molar-refractivity contribution in [2.24, 2.45) is 0 Å². The number of carbonyl (C=O) groups excluding carboxylic acids is 2. The van der Waals surface area contributed by atoms with E-state index in [1.165, 1.54) is 4.31 Å². The predicted octanol–water partition coefficient (Wildman–Crippen LogP) is 0.251. The summed E-state index contributed by atoms with van der Waals surface area (Å²) in [5.41, 5.74) is 2.00. The summed E-state index contributed by atoms with van der Waals surface area (Å²) in [7, 11) is -3.53. The summed E-state index contributed by atoms with van der Waals surface area (Å²) in [5.74, 6) is -0.475. The van der Waals surface area contributed by atoms with Crippen LogP contribution in [0.2, 0.25) is 0 Å². The Kier molecular flexibility index (Phi) is 7.56. The summed E-state index contributed by atoms with van der Waals surface area (Å²) in [4.78, 5) is 25.8. The number of rotatable bonds is 7. The first-order chi connectivity index (χ1) is 13.1. The molecule has 1 aromatic rings. The van der Waals surface area contributed by atoms with E-state index in [-0.39, 0.29) is 30.9 Å². The molecule has 2 amide bonds. The number of hydrogen-bond acceptors (Lipinski definition) is 5. The van der Waals surface area contributed by atoms with Gasteiger partial charge in [-0.3, -0.25) is 14.5 Å². The van der Waals surface area contributed by atoms with Crippen molar-refractivity contribution in [1.29, 1.82) is 0 Å². The Hall–Kier alpha value is -1.97. The van der Waals surface area contributed by atoms with Gasteiger partial charge in [-0.1, -0.05) is 6.07 Å². The van der Waals surface area contributed by atoms with Crippen LogP contribution >= 0.6 is 0 Å². The highest BCUT2D eigenvalue weighted by Gasteiger charge is 2.29. The zero-order chi connectivity index (χ0) is 20.9. The van der Waals surface area contributed by atoms with E-state index in [2.05, 4.69) is 10.6 Å². The minimum atomic E-state index is -3.53. The maximum absolute atomic E-state index is 12.8. The van der Waals surface area contributed by atoms with E-state index in [1.807, 2.05) is 38.7 Å². The average molecular weight is 411 g/mol. The molecule has 9 heteroatoms. The largest absolute Gasteiger partial charge is 0.352 e. The number of carbonyl (C=O) groups is 2. The van der Waals surface area contributed by atoms with E-state index in [4.69, 9.17) is 0 Å². The first kappa shape index (κ1) is 22.3. The normalized spacial score (nSPS) is 16.2. The van der Waals surface area contributed by atoms with Gasteiger partial charge in [-0.25, -0.2) is 8.42 Å². The number of benzene rings is 1. The maximum Gasteiger partial charge on any atom is 0.243 e. The molecular formula is C19H30N4O4S. The molecule has 1 aliphatic heterocycles. The standard InChI is InChI=1S/C19H30N4O4S/c1-14(2)21-18(24)12-20-19(25)13-22-7-9-23(10-8-22)28(26,27)17-6-5-15(3)16(4)11-17/h5-6,11,14H,7-10,12-13H2,1-4H3,(H,20,25)(H,21,24). The fraction of sp³-hybridized carbons (Fsp3) is 0.579. The van der Waals surface area contributed by atoms with Crippen molar-refractivity contribution >= 4 is 21.8 Å². The lowest BCUT2D eigenvalue weighted by molar-refractivity contribution is -0.127. The van der Waals surface area contributed by atoms with Crippen molar-refractivity contribution in [2.45, 2.75) is 38.6 Å². The fourth-order valence-electron chi connectivity index (χ4n) is 2.96. The Morgan fingerprint density at radius 1 is 1.04 bits per heavy atom. The highest BCUT2D eigenvalue weighted by molar-refractivity contribution is 7.89. The average Bonchev–Trinajstić information content (AvgIpc) is 2.62. The van der Waals surface area contributed by atoms with Gasteiger partial charge in [0.2, 0.25) is 21.8 Å². The molecule has 0 aromatic heterocycles. The number of hydrogen-bond donors (Lipinski definition) is 2. The maximum atomic E-state index is 12.8. The summed E-state index contributed by atoms with van der Waals surface area (Å²) in [6.07, 6.45) is 0. The number of aryl methyl sites for hydroxylation is 2. The molecule has 8 nitrogen and oxygen atoms in total. The molecule has 0 spiro atoms. The van der Waals surface area contributed by atoms with Gasteiger partial charge in [-0.2, -0.15) is 4.31 Å². The molecule has 0 radical (unpaired) electrons. The Labute approximate surface area is 167 Å². The van der Waals surface area contributed by atoms with Crippen molar-refractivity contribution < 1.29 is 18.0 Å².